The molecule has 0 radical (unpaired) electrons. The van der Waals surface area contributed by atoms with Crippen LogP contribution in [0.15, 0.2) is 30.9 Å². The lowest BCUT2D eigenvalue weighted by atomic mass is 10.0. The Morgan fingerprint density at radius 1 is 1.29 bits per heavy atom. The quantitative estimate of drug-likeness (QED) is 0.841. The number of nitrogens with zero attached hydrogens (tertiary/aromatic N) is 1. The van der Waals surface area contributed by atoms with E-state index in [1.54, 1.807) is 4.90 Å². The lowest BCUT2D eigenvalue weighted by Gasteiger charge is -2.31. The number of rotatable bonds is 3. The number of hydrogen-bond acceptors (Lipinski definition) is 2. The van der Waals surface area contributed by atoms with Gasteiger partial charge < -0.3 is 10.2 Å². The molecular weight excluding hydrogens is 345 g/mol. The minimum Gasteiger partial charge on any atom is -0.349 e. The van der Waals surface area contributed by atoms with E-state index < -0.39 is 17.6 Å². The highest BCUT2D eigenvalue weighted by atomic mass is 35.5. The van der Waals surface area contributed by atoms with Crippen LogP contribution in [0.25, 0.3) is 0 Å². The molecule has 4 nitrogen and oxygen atoms in total. The highest BCUT2D eigenvalue weighted by Gasteiger charge is 2.32. The van der Waals surface area contributed by atoms with Crippen molar-refractivity contribution in [2.45, 2.75) is 25.1 Å². The van der Waals surface area contributed by atoms with Crippen LogP contribution in [-0.2, 0) is 11.0 Å². The van der Waals surface area contributed by atoms with Crippen molar-refractivity contribution in [3.05, 3.63) is 47.0 Å². The van der Waals surface area contributed by atoms with Crippen LogP contribution in [0.4, 0.5) is 13.2 Å². The smallest absolute Gasteiger partial charge is 0.349 e. The van der Waals surface area contributed by atoms with Gasteiger partial charge in [0, 0.05) is 19.1 Å². The summed E-state index contributed by atoms with van der Waals surface area (Å²) >= 11 is 5.85. The van der Waals surface area contributed by atoms with Gasteiger partial charge >= 0.3 is 6.18 Å². The largest absolute Gasteiger partial charge is 0.416 e. The number of halogens is 4. The molecule has 1 saturated heterocycles. The summed E-state index contributed by atoms with van der Waals surface area (Å²) in [6.45, 7) is 4.31. The summed E-state index contributed by atoms with van der Waals surface area (Å²) in [4.78, 5) is 25.3. The molecule has 2 amide bonds. The Labute approximate surface area is 142 Å². The van der Waals surface area contributed by atoms with E-state index in [4.69, 9.17) is 11.6 Å². The van der Waals surface area contributed by atoms with Crippen molar-refractivity contribution < 1.29 is 22.8 Å². The molecule has 0 aliphatic carbocycles. The fraction of sp³-hybridized carbons (Fsp3) is 0.375. The topological polar surface area (TPSA) is 49.4 Å². The normalized spacial score (nSPS) is 15.9. The highest BCUT2D eigenvalue weighted by molar-refractivity contribution is 6.33. The zero-order chi connectivity index (χ0) is 17.9. The van der Waals surface area contributed by atoms with Crippen molar-refractivity contribution in [1.29, 1.82) is 0 Å². The van der Waals surface area contributed by atoms with E-state index in [-0.39, 0.29) is 22.5 Å². The van der Waals surface area contributed by atoms with Gasteiger partial charge in [0.15, 0.2) is 0 Å². The van der Waals surface area contributed by atoms with E-state index in [1.165, 1.54) is 6.08 Å². The maximum Gasteiger partial charge on any atom is 0.416 e. The lowest BCUT2D eigenvalue weighted by Crippen LogP contribution is -2.46. The van der Waals surface area contributed by atoms with Gasteiger partial charge in [0.2, 0.25) is 5.91 Å². The Bertz CT molecular complexity index is 653. The van der Waals surface area contributed by atoms with Crippen molar-refractivity contribution in [1.82, 2.24) is 10.2 Å². The summed E-state index contributed by atoms with van der Waals surface area (Å²) < 4.78 is 38.3. The number of hydrogen-bond donors (Lipinski definition) is 1. The van der Waals surface area contributed by atoms with Gasteiger partial charge in [-0.25, -0.2) is 0 Å². The van der Waals surface area contributed by atoms with Crippen LogP contribution in [0.1, 0.15) is 28.8 Å². The molecule has 0 atom stereocenters. The molecule has 0 bridgehead atoms. The maximum atomic E-state index is 12.8. The average molecular weight is 361 g/mol. The number of amides is 2. The summed E-state index contributed by atoms with van der Waals surface area (Å²) in [7, 11) is 0. The fourth-order valence-electron chi connectivity index (χ4n) is 2.51. The Hall–Kier alpha value is -2.02. The second-order valence-corrected chi connectivity index (χ2v) is 5.88. The first-order chi connectivity index (χ1) is 11.2. The Morgan fingerprint density at radius 3 is 2.46 bits per heavy atom. The second kappa shape index (κ2) is 7.25. The zero-order valence-electron chi connectivity index (χ0n) is 12.7. The number of benzene rings is 1. The number of nitrogens with one attached hydrogen (secondary N) is 1. The lowest BCUT2D eigenvalue weighted by molar-refractivity contribution is -0.137. The van der Waals surface area contributed by atoms with Crippen LogP contribution in [-0.4, -0.2) is 35.8 Å². The second-order valence-electron chi connectivity index (χ2n) is 5.47. The Kier molecular flexibility index (Phi) is 5.54. The molecule has 1 aromatic carbocycles. The van der Waals surface area contributed by atoms with E-state index in [1.807, 2.05) is 0 Å². The van der Waals surface area contributed by atoms with Gasteiger partial charge in [0.25, 0.3) is 5.91 Å². The maximum absolute atomic E-state index is 12.8. The van der Waals surface area contributed by atoms with Crippen molar-refractivity contribution in [2.24, 2.45) is 0 Å². The van der Waals surface area contributed by atoms with Crippen LogP contribution in [0, 0.1) is 0 Å². The fourth-order valence-corrected chi connectivity index (χ4v) is 2.72. The van der Waals surface area contributed by atoms with E-state index >= 15 is 0 Å². The highest BCUT2D eigenvalue weighted by Crippen LogP contribution is 2.31. The molecular formula is C16H16ClF3N2O2. The molecule has 1 N–H and O–H groups in total. The Morgan fingerprint density at radius 2 is 1.92 bits per heavy atom. The summed E-state index contributed by atoms with van der Waals surface area (Å²) in [6, 6.07) is 2.41. The van der Waals surface area contributed by atoms with E-state index in [0.29, 0.717) is 25.9 Å². The van der Waals surface area contributed by atoms with Crippen molar-refractivity contribution >= 4 is 23.4 Å². The first-order valence-electron chi connectivity index (χ1n) is 7.31. The number of alkyl halides is 3. The van der Waals surface area contributed by atoms with Gasteiger partial charge in [-0.05, 0) is 37.1 Å². The standard InChI is InChI=1S/C16H16ClF3N2O2/c1-2-14(23)22-7-5-11(6-8-22)21-15(24)12-9-10(16(18,19)20)3-4-13(12)17/h2-4,9,11H,1,5-8H2,(H,21,24). The number of carbonyl (C=O) groups is 2. The van der Waals surface area contributed by atoms with Crippen LogP contribution in [0.3, 0.4) is 0 Å². The third-order valence-corrected chi connectivity index (χ3v) is 4.18. The molecule has 0 saturated carbocycles. The van der Waals surface area contributed by atoms with Gasteiger partial charge in [-0.3, -0.25) is 9.59 Å². The predicted octanol–water partition coefficient (Wildman–Crippen LogP) is 3.27. The molecule has 1 fully saturated rings. The zero-order valence-corrected chi connectivity index (χ0v) is 13.5. The molecule has 24 heavy (non-hydrogen) atoms. The van der Waals surface area contributed by atoms with Crippen LogP contribution >= 0.6 is 11.6 Å². The molecule has 1 aliphatic heterocycles. The molecule has 8 heteroatoms. The monoisotopic (exact) mass is 360 g/mol. The third-order valence-electron chi connectivity index (χ3n) is 3.85. The average Bonchev–Trinajstić information content (AvgIpc) is 2.54. The summed E-state index contributed by atoms with van der Waals surface area (Å²) in [6.07, 6.45) is -2.29. The SMILES string of the molecule is C=CC(=O)N1CCC(NC(=O)c2cc(C(F)(F)F)ccc2Cl)CC1. The van der Waals surface area contributed by atoms with Crippen molar-refractivity contribution in [3.8, 4) is 0 Å². The first-order valence-corrected chi connectivity index (χ1v) is 7.69. The van der Waals surface area contributed by atoms with Crippen LogP contribution < -0.4 is 5.32 Å². The Balaban J connectivity index is 2.03. The first kappa shape index (κ1) is 18.3. The van der Waals surface area contributed by atoms with Gasteiger partial charge in [0.1, 0.15) is 0 Å². The minimum absolute atomic E-state index is 0.0419. The van der Waals surface area contributed by atoms with Gasteiger partial charge in [-0.15, -0.1) is 0 Å². The molecule has 1 heterocycles. The van der Waals surface area contributed by atoms with Gasteiger partial charge in [-0.1, -0.05) is 18.2 Å². The number of piperidine rings is 1. The van der Waals surface area contributed by atoms with E-state index in [2.05, 4.69) is 11.9 Å². The number of likely N-dealkylation sites (tertiary alicyclic amines) is 1. The minimum atomic E-state index is -4.55. The van der Waals surface area contributed by atoms with Gasteiger partial charge in [0.05, 0.1) is 16.1 Å². The number of carbonyl (C=O) groups excluding carboxylic acids is 2. The van der Waals surface area contributed by atoms with Crippen molar-refractivity contribution in [2.75, 3.05) is 13.1 Å². The summed E-state index contributed by atoms with van der Waals surface area (Å²) in [5.41, 5.74) is -1.14. The van der Waals surface area contributed by atoms with Gasteiger partial charge in [-0.2, -0.15) is 13.2 Å². The summed E-state index contributed by atoms with van der Waals surface area (Å²) in [5.74, 6) is -0.833. The van der Waals surface area contributed by atoms with Crippen LogP contribution in [0.2, 0.25) is 5.02 Å². The van der Waals surface area contributed by atoms with E-state index in [9.17, 15) is 22.8 Å². The molecule has 1 aliphatic rings. The van der Waals surface area contributed by atoms with E-state index in [0.717, 1.165) is 18.2 Å². The van der Waals surface area contributed by atoms with Crippen LogP contribution in [0.5, 0.6) is 0 Å². The summed E-state index contributed by atoms with van der Waals surface area (Å²) in [5, 5.41) is 2.64. The molecule has 0 spiro atoms. The third kappa shape index (κ3) is 4.29. The molecule has 0 aromatic heterocycles. The van der Waals surface area contributed by atoms with Crippen molar-refractivity contribution in [3.63, 3.8) is 0 Å². The molecule has 2 rings (SSSR count). The molecule has 0 unspecified atom stereocenters. The molecule has 130 valence electrons. The predicted molar refractivity (Wildman–Crippen MR) is 83.7 cm³/mol. The molecule has 1 aromatic rings.